The summed E-state index contributed by atoms with van der Waals surface area (Å²) in [7, 11) is 0. The van der Waals surface area contributed by atoms with Crippen molar-refractivity contribution in [2.75, 3.05) is 12.3 Å². The zero-order valence-electron chi connectivity index (χ0n) is 10.5. The number of nitrogen functional groups attached to an aromatic ring is 1. The second-order valence-corrected chi connectivity index (χ2v) is 4.71. The summed E-state index contributed by atoms with van der Waals surface area (Å²) < 4.78 is 0. The van der Waals surface area contributed by atoms with E-state index >= 15 is 0 Å². The van der Waals surface area contributed by atoms with Crippen molar-refractivity contribution >= 4 is 11.6 Å². The lowest BCUT2D eigenvalue weighted by Gasteiger charge is -2.29. The molecular weight excluding hydrogens is 238 g/mol. The topological polar surface area (TPSA) is 59.2 Å². The fraction of sp³-hybridized carbons (Fsp3) is 0.200. The number of pyridine rings is 1. The summed E-state index contributed by atoms with van der Waals surface area (Å²) in [6.45, 7) is 1.38. The highest BCUT2D eigenvalue weighted by Gasteiger charge is 2.22. The zero-order valence-corrected chi connectivity index (χ0v) is 10.5. The number of benzene rings is 1. The molecule has 1 amide bonds. The van der Waals surface area contributed by atoms with Crippen molar-refractivity contribution in [1.82, 2.24) is 9.88 Å². The number of amides is 1. The van der Waals surface area contributed by atoms with Crippen LogP contribution in [0, 0.1) is 0 Å². The molecule has 0 fully saturated rings. The summed E-state index contributed by atoms with van der Waals surface area (Å²) in [6.07, 6.45) is 4.01. The van der Waals surface area contributed by atoms with Crippen molar-refractivity contribution in [2.45, 2.75) is 13.0 Å². The molecule has 1 aliphatic heterocycles. The van der Waals surface area contributed by atoms with Gasteiger partial charge in [0.05, 0.1) is 17.4 Å². The number of anilines is 1. The van der Waals surface area contributed by atoms with Crippen LogP contribution in [0.25, 0.3) is 0 Å². The summed E-state index contributed by atoms with van der Waals surface area (Å²) in [5.41, 5.74) is 9.33. The standard InChI is InChI=1S/C15H15N3O/c16-14-9-17-7-5-13(14)15(19)18-8-6-11-3-1-2-4-12(11)10-18/h1-5,7,9H,6,8,10,16H2. The molecule has 3 rings (SSSR count). The normalized spacial score (nSPS) is 14.0. The Balaban J connectivity index is 1.86. The van der Waals surface area contributed by atoms with Crippen molar-refractivity contribution in [3.63, 3.8) is 0 Å². The fourth-order valence-corrected chi connectivity index (χ4v) is 2.44. The largest absolute Gasteiger partial charge is 0.397 e. The van der Waals surface area contributed by atoms with Gasteiger partial charge in [0.25, 0.3) is 5.91 Å². The molecular formula is C15H15N3O. The molecule has 4 heteroatoms. The van der Waals surface area contributed by atoms with E-state index in [-0.39, 0.29) is 5.91 Å². The molecule has 0 saturated carbocycles. The third-order valence-electron chi connectivity index (χ3n) is 3.50. The lowest BCUT2D eigenvalue weighted by atomic mass is 9.99. The monoisotopic (exact) mass is 253 g/mol. The quantitative estimate of drug-likeness (QED) is 0.844. The molecule has 2 aromatic rings. The predicted molar refractivity (Wildman–Crippen MR) is 73.5 cm³/mol. The molecule has 0 atom stereocenters. The van der Waals surface area contributed by atoms with Gasteiger partial charge in [0, 0.05) is 19.3 Å². The van der Waals surface area contributed by atoms with Crippen LogP contribution in [0.2, 0.25) is 0 Å². The van der Waals surface area contributed by atoms with Gasteiger partial charge in [-0.25, -0.2) is 0 Å². The zero-order chi connectivity index (χ0) is 13.2. The third-order valence-corrected chi connectivity index (χ3v) is 3.50. The second kappa shape index (κ2) is 4.72. The number of fused-ring (bicyclic) bond motifs is 1. The lowest BCUT2D eigenvalue weighted by Crippen LogP contribution is -2.36. The first-order chi connectivity index (χ1) is 9.25. The maximum absolute atomic E-state index is 12.4. The number of nitrogens with two attached hydrogens (primary N) is 1. The number of nitrogens with zero attached hydrogens (tertiary/aromatic N) is 2. The first kappa shape index (κ1) is 11.7. The van der Waals surface area contributed by atoms with Crippen molar-refractivity contribution in [3.8, 4) is 0 Å². The Morgan fingerprint density at radius 3 is 2.79 bits per heavy atom. The van der Waals surface area contributed by atoms with E-state index in [4.69, 9.17) is 5.73 Å². The number of hydrogen-bond donors (Lipinski definition) is 1. The molecule has 0 aliphatic carbocycles. The molecule has 19 heavy (non-hydrogen) atoms. The van der Waals surface area contributed by atoms with E-state index in [1.807, 2.05) is 17.0 Å². The van der Waals surface area contributed by atoms with E-state index in [1.54, 1.807) is 12.3 Å². The predicted octanol–water partition coefficient (Wildman–Crippen LogP) is 1.86. The van der Waals surface area contributed by atoms with Gasteiger partial charge < -0.3 is 10.6 Å². The van der Waals surface area contributed by atoms with Gasteiger partial charge in [0.1, 0.15) is 0 Å². The highest BCUT2D eigenvalue weighted by Crippen LogP contribution is 2.21. The summed E-state index contributed by atoms with van der Waals surface area (Å²) in [4.78, 5) is 18.2. The Labute approximate surface area is 111 Å². The SMILES string of the molecule is Nc1cnccc1C(=O)N1CCc2ccccc2C1. The summed E-state index contributed by atoms with van der Waals surface area (Å²) in [5.74, 6) is -0.0191. The molecule has 1 aromatic carbocycles. The Kier molecular flexibility index (Phi) is 2.91. The van der Waals surface area contributed by atoms with Crippen LogP contribution in [0.15, 0.2) is 42.7 Å². The van der Waals surface area contributed by atoms with Crippen molar-refractivity contribution in [1.29, 1.82) is 0 Å². The molecule has 0 bridgehead atoms. The van der Waals surface area contributed by atoms with Crippen LogP contribution in [0.5, 0.6) is 0 Å². The minimum atomic E-state index is -0.0191. The highest BCUT2D eigenvalue weighted by atomic mass is 16.2. The van der Waals surface area contributed by atoms with E-state index in [0.29, 0.717) is 17.8 Å². The first-order valence-electron chi connectivity index (χ1n) is 6.31. The van der Waals surface area contributed by atoms with Gasteiger partial charge in [0.15, 0.2) is 0 Å². The number of aromatic nitrogens is 1. The average molecular weight is 253 g/mol. The molecule has 0 radical (unpaired) electrons. The first-order valence-corrected chi connectivity index (χ1v) is 6.31. The molecule has 0 saturated heterocycles. The van der Waals surface area contributed by atoms with Gasteiger partial charge in [-0.1, -0.05) is 24.3 Å². The van der Waals surface area contributed by atoms with Crippen LogP contribution in [-0.2, 0) is 13.0 Å². The number of rotatable bonds is 1. The molecule has 4 nitrogen and oxygen atoms in total. The van der Waals surface area contributed by atoms with Crippen LogP contribution in [0.1, 0.15) is 21.5 Å². The minimum Gasteiger partial charge on any atom is -0.397 e. The van der Waals surface area contributed by atoms with Crippen LogP contribution >= 0.6 is 0 Å². The number of carbonyl (C=O) groups is 1. The van der Waals surface area contributed by atoms with Gasteiger partial charge >= 0.3 is 0 Å². The Bertz CT molecular complexity index is 624. The molecule has 1 aromatic heterocycles. The summed E-state index contributed by atoms with van der Waals surface area (Å²) >= 11 is 0. The van der Waals surface area contributed by atoms with Crippen molar-refractivity contribution in [3.05, 3.63) is 59.4 Å². The Morgan fingerprint density at radius 2 is 2.00 bits per heavy atom. The summed E-state index contributed by atoms with van der Waals surface area (Å²) in [6, 6.07) is 9.92. The van der Waals surface area contributed by atoms with Crippen LogP contribution < -0.4 is 5.73 Å². The van der Waals surface area contributed by atoms with Crippen LogP contribution in [0.4, 0.5) is 5.69 Å². The van der Waals surface area contributed by atoms with Gasteiger partial charge in [0.2, 0.25) is 0 Å². The third kappa shape index (κ3) is 2.17. The maximum Gasteiger partial charge on any atom is 0.256 e. The smallest absolute Gasteiger partial charge is 0.256 e. The molecule has 0 spiro atoms. The molecule has 2 N–H and O–H groups in total. The number of carbonyl (C=O) groups excluding carboxylic acids is 1. The molecule has 96 valence electrons. The second-order valence-electron chi connectivity index (χ2n) is 4.71. The average Bonchev–Trinajstić information content (AvgIpc) is 2.46. The molecule has 0 unspecified atom stereocenters. The summed E-state index contributed by atoms with van der Waals surface area (Å²) in [5, 5.41) is 0. The lowest BCUT2D eigenvalue weighted by molar-refractivity contribution is 0.0735. The van der Waals surface area contributed by atoms with Gasteiger partial charge in [-0.2, -0.15) is 0 Å². The van der Waals surface area contributed by atoms with Crippen molar-refractivity contribution in [2.24, 2.45) is 0 Å². The van der Waals surface area contributed by atoms with Gasteiger partial charge in [-0.3, -0.25) is 9.78 Å². The van der Waals surface area contributed by atoms with Crippen LogP contribution in [-0.4, -0.2) is 22.3 Å². The molecule has 1 aliphatic rings. The minimum absolute atomic E-state index is 0.0191. The fourth-order valence-electron chi connectivity index (χ4n) is 2.44. The number of hydrogen-bond acceptors (Lipinski definition) is 3. The van der Waals surface area contributed by atoms with Crippen molar-refractivity contribution < 1.29 is 4.79 Å². The van der Waals surface area contributed by atoms with E-state index in [1.165, 1.54) is 17.3 Å². The highest BCUT2D eigenvalue weighted by molar-refractivity contribution is 5.98. The van der Waals surface area contributed by atoms with E-state index in [2.05, 4.69) is 17.1 Å². The van der Waals surface area contributed by atoms with E-state index in [9.17, 15) is 4.79 Å². The van der Waals surface area contributed by atoms with Crippen LogP contribution in [0.3, 0.4) is 0 Å². The van der Waals surface area contributed by atoms with E-state index in [0.717, 1.165) is 13.0 Å². The Hall–Kier alpha value is -2.36. The van der Waals surface area contributed by atoms with Gasteiger partial charge in [-0.15, -0.1) is 0 Å². The van der Waals surface area contributed by atoms with Gasteiger partial charge in [-0.05, 0) is 23.6 Å². The molecule has 2 heterocycles. The maximum atomic E-state index is 12.4. The Morgan fingerprint density at radius 1 is 1.21 bits per heavy atom. The van der Waals surface area contributed by atoms with E-state index < -0.39 is 0 Å².